The summed E-state index contributed by atoms with van der Waals surface area (Å²) >= 11 is 0. The van der Waals surface area contributed by atoms with Gasteiger partial charge in [-0.3, -0.25) is 4.90 Å². The van der Waals surface area contributed by atoms with Crippen LogP contribution in [0.4, 0.5) is 0 Å². The summed E-state index contributed by atoms with van der Waals surface area (Å²) < 4.78 is 5.98. The molecule has 2 aliphatic heterocycles. The van der Waals surface area contributed by atoms with Crippen molar-refractivity contribution in [3.8, 4) is 0 Å². The molecule has 0 unspecified atom stereocenters. The van der Waals surface area contributed by atoms with Crippen molar-refractivity contribution in [2.75, 3.05) is 39.3 Å². The first-order valence-corrected chi connectivity index (χ1v) is 9.68. The molecule has 0 aliphatic carbocycles. The van der Waals surface area contributed by atoms with Gasteiger partial charge in [-0.2, -0.15) is 0 Å². The first kappa shape index (κ1) is 17.9. The van der Waals surface area contributed by atoms with Crippen LogP contribution in [0.15, 0.2) is 30.3 Å². The molecule has 3 heteroatoms. The van der Waals surface area contributed by atoms with Crippen molar-refractivity contribution in [1.29, 1.82) is 0 Å². The zero-order valence-corrected chi connectivity index (χ0v) is 15.8. The Labute approximate surface area is 148 Å². The van der Waals surface area contributed by atoms with Crippen molar-refractivity contribution in [3.05, 3.63) is 35.9 Å². The number of benzene rings is 1. The minimum Gasteiger partial charge on any atom is -0.375 e. The molecular formula is C21H34N2O. The van der Waals surface area contributed by atoms with Crippen LogP contribution < -0.4 is 0 Å². The van der Waals surface area contributed by atoms with Gasteiger partial charge in [0, 0.05) is 44.9 Å². The lowest BCUT2D eigenvalue weighted by Gasteiger charge is -2.53. The Morgan fingerprint density at radius 3 is 2.38 bits per heavy atom. The van der Waals surface area contributed by atoms with Gasteiger partial charge in [-0.25, -0.2) is 0 Å². The van der Waals surface area contributed by atoms with Crippen LogP contribution in [0.5, 0.6) is 0 Å². The predicted molar refractivity (Wildman–Crippen MR) is 100 cm³/mol. The van der Waals surface area contributed by atoms with Gasteiger partial charge in [0.25, 0.3) is 0 Å². The summed E-state index contributed by atoms with van der Waals surface area (Å²) in [6, 6.07) is 10.9. The third-order valence-electron chi connectivity index (χ3n) is 6.08. The van der Waals surface area contributed by atoms with Crippen molar-refractivity contribution >= 4 is 0 Å². The fourth-order valence-electron chi connectivity index (χ4n) is 4.62. The second-order valence-corrected chi connectivity index (χ2v) is 8.18. The molecule has 24 heavy (non-hydrogen) atoms. The second kappa shape index (κ2) is 7.55. The molecule has 3 nitrogen and oxygen atoms in total. The van der Waals surface area contributed by atoms with Gasteiger partial charge in [-0.1, -0.05) is 37.3 Å². The largest absolute Gasteiger partial charge is 0.375 e. The average Bonchev–Trinajstić information content (AvgIpc) is 2.60. The minimum atomic E-state index is 0.0265. The number of piperazine rings is 1. The van der Waals surface area contributed by atoms with Crippen LogP contribution in [0.25, 0.3) is 0 Å². The molecule has 1 aromatic carbocycles. The molecule has 0 bridgehead atoms. The molecule has 0 saturated carbocycles. The van der Waals surface area contributed by atoms with E-state index in [1.54, 1.807) is 0 Å². The second-order valence-electron chi connectivity index (χ2n) is 8.18. The number of rotatable bonds is 5. The maximum Gasteiger partial charge on any atom is 0.0644 e. The van der Waals surface area contributed by atoms with Gasteiger partial charge in [0.1, 0.15) is 0 Å². The smallest absolute Gasteiger partial charge is 0.0644 e. The minimum absolute atomic E-state index is 0.0265. The Bertz CT molecular complexity index is 508. The molecule has 2 fully saturated rings. The lowest BCUT2D eigenvalue weighted by atomic mass is 9.77. The molecule has 0 amide bonds. The number of ether oxygens (including phenoxy) is 1. The topological polar surface area (TPSA) is 15.7 Å². The Balaban J connectivity index is 1.52. The molecule has 2 heterocycles. The van der Waals surface area contributed by atoms with E-state index in [1.807, 2.05) is 0 Å². The highest BCUT2D eigenvalue weighted by Gasteiger charge is 2.44. The van der Waals surface area contributed by atoms with E-state index in [4.69, 9.17) is 4.74 Å². The van der Waals surface area contributed by atoms with E-state index in [9.17, 15) is 0 Å². The van der Waals surface area contributed by atoms with Crippen molar-refractivity contribution < 1.29 is 4.74 Å². The van der Waals surface area contributed by atoms with Crippen molar-refractivity contribution in [1.82, 2.24) is 9.80 Å². The lowest BCUT2D eigenvalue weighted by Crippen LogP contribution is -2.61. The predicted octanol–water partition coefficient (Wildman–Crippen LogP) is 3.58. The standard InChI is InChI=1S/C21H34N2O/c1-4-21(11-17-24-20(2,3)18-21)23-15-13-22(14-16-23)12-10-19-8-6-5-7-9-19/h5-9H,4,10-18H2,1-3H3/t21-/m1/s1. The van der Waals surface area contributed by atoms with Gasteiger partial charge in [-0.05, 0) is 45.1 Å². The lowest BCUT2D eigenvalue weighted by molar-refractivity contribution is -0.128. The van der Waals surface area contributed by atoms with E-state index in [2.05, 4.69) is 60.9 Å². The molecule has 0 N–H and O–H groups in total. The quantitative estimate of drug-likeness (QED) is 0.821. The monoisotopic (exact) mass is 330 g/mol. The summed E-state index contributed by atoms with van der Waals surface area (Å²) in [6.45, 7) is 13.8. The highest BCUT2D eigenvalue weighted by atomic mass is 16.5. The number of hydrogen-bond acceptors (Lipinski definition) is 3. The van der Waals surface area contributed by atoms with Gasteiger partial charge < -0.3 is 9.64 Å². The van der Waals surface area contributed by atoms with Crippen molar-refractivity contribution in [2.24, 2.45) is 0 Å². The van der Waals surface area contributed by atoms with Crippen molar-refractivity contribution in [3.63, 3.8) is 0 Å². The summed E-state index contributed by atoms with van der Waals surface area (Å²) in [4.78, 5) is 5.41. The highest BCUT2D eigenvalue weighted by Crippen LogP contribution is 2.39. The molecule has 0 spiro atoms. The summed E-state index contributed by atoms with van der Waals surface area (Å²) in [6.07, 6.45) is 4.77. The number of hydrogen-bond donors (Lipinski definition) is 0. The molecule has 2 saturated heterocycles. The van der Waals surface area contributed by atoms with Gasteiger partial charge in [-0.15, -0.1) is 0 Å². The molecular weight excluding hydrogens is 296 g/mol. The van der Waals surface area contributed by atoms with E-state index in [0.29, 0.717) is 5.54 Å². The van der Waals surface area contributed by atoms with Gasteiger partial charge in [0.05, 0.1) is 5.60 Å². The van der Waals surface area contributed by atoms with E-state index in [0.717, 1.165) is 6.61 Å². The maximum atomic E-state index is 5.98. The van der Waals surface area contributed by atoms with E-state index in [-0.39, 0.29) is 5.60 Å². The van der Waals surface area contributed by atoms with Crippen LogP contribution in [0.3, 0.4) is 0 Å². The molecule has 3 rings (SSSR count). The van der Waals surface area contributed by atoms with E-state index < -0.39 is 0 Å². The molecule has 1 atom stereocenters. The van der Waals surface area contributed by atoms with Crippen LogP contribution >= 0.6 is 0 Å². The fraction of sp³-hybridized carbons (Fsp3) is 0.714. The van der Waals surface area contributed by atoms with Crippen LogP contribution in [-0.4, -0.2) is 60.3 Å². The van der Waals surface area contributed by atoms with E-state index >= 15 is 0 Å². The Morgan fingerprint density at radius 2 is 1.75 bits per heavy atom. The average molecular weight is 331 g/mol. The van der Waals surface area contributed by atoms with Crippen LogP contribution in [0.2, 0.25) is 0 Å². The summed E-state index contributed by atoms with van der Waals surface area (Å²) in [5, 5.41) is 0. The highest BCUT2D eigenvalue weighted by molar-refractivity contribution is 5.14. The molecule has 2 aliphatic rings. The Hall–Kier alpha value is -0.900. The third kappa shape index (κ3) is 4.19. The van der Waals surface area contributed by atoms with Crippen LogP contribution in [-0.2, 0) is 11.2 Å². The van der Waals surface area contributed by atoms with Crippen LogP contribution in [0, 0.1) is 0 Å². The SMILES string of the molecule is CC[C@@]1(N2CCN(CCc3ccccc3)CC2)CCOC(C)(C)C1. The third-order valence-corrected chi connectivity index (χ3v) is 6.08. The first-order valence-electron chi connectivity index (χ1n) is 9.68. The zero-order valence-electron chi connectivity index (χ0n) is 15.8. The molecule has 0 aromatic heterocycles. The van der Waals surface area contributed by atoms with E-state index in [1.165, 1.54) is 64.0 Å². The number of nitrogens with zero attached hydrogens (tertiary/aromatic N) is 2. The maximum absolute atomic E-state index is 5.98. The molecule has 134 valence electrons. The normalized spacial score (nSPS) is 28.8. The Morgan fingerprint density at radius 1 is 1.04 bits per heavy atom. The van der Waals surface area contributed by atoms with Gasteiger partial charge in [0.15, 0.2) is 0 Å². The fourth-order valence-corrected chi connectivity index (χ4v) is 4.62. The van der Waals surface area contributed by atoms with Crippen molar-refractivity contribution in [2.45, 2.75) is 57.6 Å². The first-order chi connectivity index (χ1) is 11.5. The zero-order chi connectivity index (χ0) is 17.0. The summed E-state index contributed by atoms with van der Waals surface area (Å²) in [5.74, 6) is 0. The molecule has 0 radical (unpaired) electrons. The summed E-state index contributed by atoms with van der Waals surface area (Å²) in [5.41, 5.74) is 1.84. The van der Waals surface area contributed by atoms with Crippen LogP contribution in [0.1, 0.15) is 45.6 Å². The van der Waals surface area contributed by atoms with Gasteiger partial charge in [0.2, 0.25) is 0 Å². The Kier molecular flexibility index (Phi) is 5.63. The van der Waals surface area contributed by atoms with Gasteiger partial charge >= 0.3 is 0 Å². The summed E-state index contributed by atoms with van der Waals surface area (Å²) in [7, 11) is 0. The molecule has 1 aromatic rings.